The molecule has 1 aromatic rings. The Kier molecular flexibility index (Phi) is 2.67. The van der Waals surface area contributed by atoms with Gasteiger partial charge in [-0.1, -0.05) is 12.1 Å². The Morgan fingerprint density at radius 1 is 1.40 bits per heavy atom. The maximum absolute atomic E-state index is 9.23. The highest BCUT2D eigenvalue weighted by molar-refractivity contribution is 5.29. The number of phenols is 1. The molecule has 1 fully saturated rings. The van der Waals surface area contributed by atoms with Crippen molar-refractivity contribution in [2.24, 2.45) is 0 Å². The summed E-state index contributed by atoms with van der Waals surface area (Å²) in [7, 11) is 0. The molecule has 82 valence electrons. The van der Waals surface area contributed by atoms with Crippen molar-refractivity contribution < 1.29 is 10.2 Å². The van der Waals surface area contributed by atoms with Crippen LogP contribution in [-0.4, -0.2) is 28.9 Å². The Labute approximate surface area is 89.8 Å². The van der Waals surface area contributed by atoms with Gasteiger partial charge >= 0.3 is 0 Å². The number of phenolic OH excluding ortho intramolecular Hbond substituents is 1. The van der Waals surface area contributed by atoms with E-state index in [-0.39, 0.29) is 12.1 Å². The van der Waals surface area contributed by atoms with Gasteiger partial charge in [-0.2, -0.15) is 0 Å². The summed E-state index contributed by atoms with van der Waals surface area (Å²) in [6, 6.07) is 7.32. The molecule has 0 radical (unpaired) electrons. The van der Waals surface area contributed by atoms with Crippen LogP contribution in [0.5, 0.6) is 5.75 Å². The van der Waals surface area contributed by atoms with Crippen molar-refractivity contribution in [2.75, 3.05) is 13.2 Å². The second-order valence-electron chi connectivity index (χ2n) is 4.59. The Hall–Kier alpha value is -1.06. The molecule has 3 heteroatoms. The van der Waals surface area contributed by atoms with E-state index in [9.17, 15) is 10.2 Å². The molecule has 1 aromatic carbocycles. The lowest BCUT2D eigenvalue weighted by molar-refractivity contribution is 0.191. The zero-order valence-corrected chi connectivity index (χ0v) is 8.90. The van der Waals surface area contributed by atoms with Crippen LogP contribution < -0.4 is 5.32 Å². The van der Waals surface area contributed by atoms with Crippen molar-refractivity contribution in [1.29, 1.82) is 0 Å². The average Bonchev–Trinajstić information content (AvgIpc) is 2.63. The zero-order valence-electron chi connectivity index (χ0n) is 8.90. The molecule has 1 heterocycles. The molecule has 0 bridgehead atoms. The molecule has 2 rings (SSSR count). The van der Waals surface area contributed by atoms with Crippen LogP contribution in [0.25, 0.3) is 0 Å². The summed E-state index contributed by atoms with van der Waals surface area (Å²) >= 11 is 0. The molecular formula is C12H17NO2. The minimum Gasteiger partial charge on any atom is -0.508 e. The number of aromatic hydroxyl groups is 1. The molecule has 0 spiro atoms. The number of hydrogen-bond donors (Lipinski definition) is 3. The fraction of sp³-hybridized carbons (Fsp3) is 0.500. The minimum absolute atomic E-state index is 0.150. The summed E-state index contributed by atoms with van der Waals surface area (Å²) in [5.74, 6) is 0.734. The molecule has 2 unspecified atom stereocenters. The number of benzene rings is 1. The van der Waals surface area contributed by atoms with Crippen LogP contribution in [0.15, 0.2) is 24.3 Å². The first kappa shape index (κ1) is 10.5. The van der Waals surface area contributed by atoms with Crippen molar-refractivity contribution >= 4 is 0 Å². The zero-order chi connectivity index (χ0) is 10.9. The van der Waals surface area contributed by atoms with Crippen LogP contribution in [0.1, 0.15) is 24.8 Å². The molecule has 0 saturated carbocycles. The predicted octanol–water partition coefficient (Wildman–Crippen LogP) is 1.22. The summed E-state index contributed by atoms with van der Waals surface area (Å²) in [6.07, 6.45) is 0.939. The lowest BCUT2D eigenvalue weighted by atomic mass is 9.91. The van der Waals surface area contributed by atoms with Crippen LogP contribution in [-0.2, 0) is 0 Å². The number of hydrogen-bond acceptors (Lipinski definition) is 3. The Morgan fingerprint density at radius 2 is 2.07 bits per heavy atom. The Balaban J connectivity index is 2.11. The molecule has 3 N–H and O–H groups in total. The maximum atomic E-state index is 9.23. The van der Waals surface area contributed by atoms with Gasteiger partial charge in [0.15, 0.2) is 0 Å². The number of nitrogens with one attached hydrogen (secondary N) is 1. The standard InChI is InChI=1S/C12H17NO2/c1-12(8-14)6-10(7-13-12)9-2-4-11(15)5-3-9/h2-5,10,13-15H,6-8H2,1H3. The van der Waals surface area contributed by atoms with E-state index < -0.39 is 0 Å². The second kappa shape index (κ2) is 3.83. The van der Waals surface area contributed by atoms with Crippen LogP contribution in [0, 0.1) is 0 Å². The Bertz CT molecular complexity index is 336. The lowest BCUT2D eigenvalue weighted by Crippen LogP contribution is -2.39. The van der Waals surface area contributed by atoms with Gasteiger partial charge in [0.1, 0.15) is 5.75 Å². The molecule has 15 heavy (non-hydrogen) atoms. The van der Waals surface area contributed by atoms with Gasteiger partial charge in [-0.05, 0) is 37.0 Å². The molecule has 0 amide bonds. The summed E-state index contributed by atoms with van der Waals surface area (Å²) < 4.78 is 0. The van der Waals surface area contributed by atoms with Crippen molar-refractivity contribution in [3.8, 4) is 5.75 Å². The number of aliphatic hydroxyl groups excluding tert-OH is 1. The molecular weight excluding hydrogens is 190 g/mol. The van der Waals surface area contributed by atoms with Gasteiger partial charge in [0.05, 0.1) is 6.61 Å². The molecule has 1 aliphatic rings. The van der Waals surface area contributed by atoms with Gasteiger partial charge in [0.2, 0.25) is 0 Å². The van der Waals surface area contributed by atoms with Gasteiger partial charge in [0.25, 0.3) is 0 Å². The largest absolute Gasteiger partial charge is 0.508 e. The van der Waals surface area contributed by atoms with Gasteiger partial charge in [-0.25, -0.2) is 0 Å². The minimum atomic E-state index is -0.150. The van der Waals surface area contributed by atoms with E-state index in [1.807, 2.05) is 19.1 Å². The Morgan fingerprint density at radius 3 is 2.60 bits per heavy atom. The van der Waals surface area contributed by atoms with E-state index in [0.29, 0.717) is 11.7 Å². The van der Waals surface area contributed by atoms with E-state index in [1.54, 1.807) is 12.1 Å². The van der Waals surface area contributed by atoms with Gasteiger partial charge in [-0.15, -0.1) is 0 Å². The third-order valence-electron chi connectivity index (χ3n) is 3.19. The van der Waals surface area contributed by atoms with Crippen molar-refractivity contribution in [1.82, 2.24) is 5.32 Å². The highest BCUT2D eigenvalue weighted by atomic mass is 16.3. The smallest absolute Gasteiger partial charge is 0.115 e. The van der Waals surface area contributed by atoms with Crippen molar-refractivity contribution in [3.63, 3.8) is 0 Å². The first-order valence-corrected chi connectivity index (χ1v) is 5.28. The third-order valence-corrected chi connectivity index (χ3v) is 3.19. The number of rotatable bonds is 2. The topological polar surface area (TPSA) is 52.5 Å². The van der Waals surface area contributed by atoms with E-state index in [4.69, 9.17) is 0 Å². The van der Waals surface area contributed by atoms with Crippen LogP contribution >= 0.6 is 0 Å². The fourth-order valence-corrected chi connectivity index (χ4v) is 2.16. The summed E-state index contributed by atoms with van der Waals surface area (Å²) in [6.45, 7) is 3.09. The van der Waals surface area contributed by atoms with E-state index in [0.717, 1.165) is 13.0 Å². The molecule has 3 nitrogen and oxygen atoms in total. The van der Waals surface area contributed by atoms with Crippen LogP contribution in [0.2, 0.25) is 0 Å². The maximum Gasteiger partial charge on any atom is 0.115 e. The summed E-state index contributed by atoms with van der Waals surface area (Å²) in [5, 5.41) is 21.8. The summed E-state index contributed by atoms with van der Waals surface area (Å²) in [4.78, 5) is 0. The van der Waals surface area contributed by atoms with E-state index >= 15 is 0 Å². The SMILES string of the molecule is CC1(CO)CC(c2ccc(O)cc2)CN1. The monoisotopic (exact) mass is 207 g/mol. The first-order chi connectivity index (χ1) is 7.13. The van der Waals surface area contributed by atoms with E-state index in [2.05, 4.69) is 5.32 Å². The number of aliphatic hydroxyl groups is 1. The highest BCUT2D eigenvalue weighted by Crippen LogP contribution is 2.32. The third kappa shape index (κ3) is 2.13. The fourth-order valence-electron chi connectivity index (χ4n) is 2.16. The van der Waals surface area contributed by atoms with Crippen molar-refractivity contribution in [2.45, 2.75) is 24.8 Å². The molecule has 2 atom stereocenters. The van der Waals surface area contributed by atoms with Crippen LogP contribution in [0.4, 0.5) is 0 Å². The molecule has 0 aromatic heterocycles. The molecule has 0 aliphatic carbocycles. The van der Waals surface area contributed by atoms with Crippen molar-refractivity contribution in [3.05, 3.63) is 29.8 Å². The normalized spacial score (nSPS) is 30.7. The lowest BCUT2D eigenvalue weighted by Gasteiger charge is -2.21. The molecule has 1 aliphatic heterocycles. The predicted molar refractivity (Wildman–Crippen MR) is 59.0 cm³/mol. The quantitative estimate of drug-likeness (QED) is 0.683. The van der Waals surface area contributed by atoms with Gasteiger partial charge < -0.3 is 15.5 Å². The van der Waals surface area contributed by atoms with E-state index in [1.165, 1.54) is 5.56 Å². The van der Waals surface area contributed by atoms with Gasteiger partial charge in [-0.3, -0.25) is 0 Å². The first-order valence-electron chi connectivity index (χ1n) is 5.28. The highest BCUT2D eigenvalue weighted by Gasteiger charge is 2.34. The van der Waals surface area contributed by atoms with Gasteiger partial charge in [0, 0.05) is 12.1 Å². The summed E-state index contributed by atoms with van der Waals surface area (Å²) in [5.41, 5.74) is 1.07. The second-order valence-corrected chi connectivity index (χ2v) is 4.59. The molecule has 1 saturated heterocycles. The van der Waals surface area contributed by atoms with Crippen LogP contribution in [0.3, 0.4) is 0 Å². The average molecular weight is 207 g/mol.